The van der Waals surface area contributed by atoms with Crippen LogP contribution in [-0.4, -0.2) is 40.8 Å². The van der Waals surface area contributed by atoms with Gasteiger partial charge in [-0.2, -0.15) is 0 Å². The number of hydrogen-bond donors (Lipinski definition) is 1. The monoisotopic (exact) mass is 449 g/mol. The van der Waals surface area contributed by atoms with Crippen LogP contribution in [0.5, 0.6) is 0 Å². The summed E-state index contributed by atoms with van der Waals surface area (Å²) in [6, 6.07) is 25.3. The van der Waals surface area contributed by atoms with Crippen molar-refractivity contribution in [3.8, 4) is 11.1 Å². The van der Waals surface area contributed by atoms with Crippen molar-refractivity contribution in [1.29, 1.82) is 0 Å². The van der Waals surface area contributed by atoms with Gasteiger partial charge in [-0.3, -0.25) is 14.6 Å². The lowest BCUT2D eigenvalue weighted by Gasteiger charge is -2.34. The number of nitrogens with one attached hydrogen (secondary N) is 1. The third-order valence-electron chi connectivity index (χ3n) is 6.49. The number of piperidine rings is 1. The summed E-state index contributed by atoms with van der Waals surface area (Å²) >= 11 is 0. The zero-order chi connectivity index (χ0) is 23.5. The molecule has 4 aromatic rings. The van der Waals surface area contributed by atoms with Crippen molar-refractivity contribution < 1.29 is 9.59 Å². The largest absolute Gasteiger partial charge is 0.347 e. The van der Waals surface area contributed by atoms with Gasteiger partial charge in [-0.05, 0) is 48.6 Å². The lowest BCUT2D eigenvalue weighted by Crippen LogP contribution is -2.49. The highest BCUT2D eigenvalue weighted by atomic mass is 16.2. The van der Waals surface area contributed by atoms with Crippen LogP contribution >= 0.6 is 0 Å². The summed E-state index contributed by atoms with van der Waals surface area (Å²) in [7, 11) is 0. The van der Waals surface area contributed by atoms with Gasteiger partial charge in [-0.1, -0.05) is 66.7 Å². The Morgan fingerprint density at radius 2 is 1.74 bits per heavy atom. The number of aromatic nitrogens is 1. The predicted octanol–water partition coefficient (Wildman–Crippen LogP) is 5.24. The van der Waals surface area contributed by atoms with Crippen LogP contribution < -0.4 is 5.32 Å². The highest BCUT2D eigenvalue weighted by Gasteiger charge is 2.28. The number of carbonyl (C=O) groups is 2. The lowest BCUT2D eigenvalue weighted by molar-refractivity contribution is 0.0676. The quantitative estimate of drug-likeness (QED) is 0.463. The lowest BCUT2D eigenvalue weighted by atomic mass is 9.94. The van der Waals surface area contributed by atoms with Gasteiger partial charge in [0.25, 0.3) is 11.8 Å². The smallest absolute Gasteiger partial charge is 0.254 e. The minimum atomic E-state index is -0.149. The average molecular weight is 450 g/mol. The number of likely N-dealkylation sites (tertiary alicyclic amines) is 1. The Morgan fingerprint density at radius 1 is 0.941 bits per heavy atom. The second-order valence-corrected chi connectivity index (χ2v) is 8.81. The number of nitrogens with zero attached hydrogens (tertiary/aromatic N) is 2. The molecule has 5 nitrogen and oxygen atoms in total. The van der Waals surface area contributed by atoms with Gasteiger partial charge in [0.1, 0.15) is 0 Å². The van der Waals surface area contributed by atoms with Gasteiger partial charge in [-0.15, -0.1) is 0 Å². The Hall–Kier alpha value is -3.99. The minimum Gasteiger partial charge on any atom is -0.347 e. The SMILES string of the molecule is Cc1cccc(-c2ccccc2)c1C(=O)N1CCC[C@@H](NC(=O)c2cccc3cccnc23)C1. The Kier molecular flexibility index (Phi) is 6.09. The molecule has 0 aliphatic carbocycles. The van der Waals surface area contributed by atoms with Crippen molar-refractivity contribution in [2.75, 3.05) is 13.1 Å². The third kappa shape index (κ3) is 4.29. The van der Waals surface area contributed by atoms with Gasteiger partial charge < -0.3 is 10.2 Å². The molecule has 1 aromatic heterocycles. The number of aryl methyl sites for hydroxylation is 1. The summed E-state index contributed by atoms with van der Waals surface area (Å²) in [6.07, 6.45) is 3.39. The van der Waals surface area contributed by atoms with E-state index in [2.05, 4.69) is 10.3 Å². The molecular weight excluding hydrogens is 422 g/mol. The zero-order valence-electron chi connectivity index (χ0n) is 19.2. The van der Waals surface area contributed by atoms with Crippen molar-refractivity contribution in [2.45, 2.75) is 25.8 Å². The van der Waals surface area contributed by atoms with E-state index in [-0.39, 0.29) is 17.9 Å². The number of rotatable bonds is 4. The van der Waals surface area contributed by atoms with Crippen molar-refractivity contribution in [1.82, 2.24) is 15.2 Å². The fourth-order valence-corrected chi connectivity index (χ4v) is 4.80. The molecule has 5 heteroatoms. The molecule has 1 fully saturated rings. The fraction of sp³-hybridized carbons (Fsp3) is 0.207. The molecule has 1 aliphatic heterocycles. The highest BCUT2D eigenvalue weighted by Crippen LogP contribution is 2.28. The van der Waals surface area contributed by atoms with E-state index in [1.807, 2.05) is 84.6 Å². The molecule has 1 atom stereocenters. The standard InChI is InChI=1S/C29H27N3O2/c1-20-9-5-15-24(21-10-3-2-4-11-21)26(20)29(34)32-18-8-14-23(19-32)31-28(33)25-16-6-12-22-13-7-17-30-27(22)25/h2-7,9-13,15-17,23H,8,14,18-19H2,1H3,(H,31,33)/t23-/m1/s1. The number of para-hydroxylation sites is 1. The molecule has 1 aliphatic rings. The van der Waals surface area contributed by atoms with E-state index in [4.69, 9.17) is 0 Å². The van der Waals surface area contributed by atoms with Crippen LogP contribution in [0.25, 0.3) is 22.0 Å². The molecule has 1 N–H and O–H groups in total. The van der Waals surface area contributed by atoms with Gasteiger partial charge in [0.2, 0.25) is 0 Å². The van der Waals surface area contributed by atoms with Crippen molar-refractivity contribution in [2.24, 2.45) is 0 Å². The van der Waals surface area contributed by atoms with Crippen LogP contribution in [0.1, 0.15) is 39.1 Å². The Morgan fingerprint density at radius 3 is 2.59 bits per heavy atom. The Balaban J connectivity index is 1.36. The van der Waals surface area contributed by atoms with E-state index < -0.39 is 0 Å². The van der Waals surface area contributed by atoms with E-state index >= 15 is 0 Å². The molecule has 170 valence electrons. The molecule has 0 radical (unpaired) electrons. The summed E-state index contributed by atoms with van der Waals surface area (Å²) in [4.78, 5) is 33.1. The normalized spacial score (nSPS) is 15.8. The van der Waals surface area contributed by atoms with Gasteiger partial charge in [-0.25, -0.2) is 0 Å². The molecule has 0 saturated carbocycles. The molecule has 5 rings (SSSR count). The van der Waals surface area contributed by atoms with Gasteiger partial charge in [0, 0.05) is 30.7 Å². The van der Waals surface area contributed by atoms with Crippen LogP contribution in [0.15, 0.2) is 85.1 Å². The maximum absolute atomic E-state index is 13.7. The van der Waals surface area contributed by atoms with Crippen LogP contribution in [-0.2, 0) is 0 Å². The number of amides is 2. The molecule has 2 heterocycles. The van der Waals surface area contributed by atoms with Crippen molar-refractivity contribution in [3.05, 3.63) is 102 Å². The van der Waals surface area contributed by atoms with Crippen molar-refractivity contribution in [3.63, 3.8) is 0 Å². The van der Waals surface area contributed by atoms with Crippen molar-refractivity contribution >= 4 is 22.7 Å². The number of benzene rings is 3. The Bertz CT molecular complexity index is 1340. The van der Waals surface area contributed by atoms with E-state index in [0.29, 0.717) is 24.2 Å². The number of hydrogen-bond acceptors (Lipinski definition) is 3. The number of fused-ring (bicyclic) bond motifs is 1. The molecule has 0 bridgehead atoms. The van der Waals surface area contributed by atoms with Gasteiger partial charge in [0.15, 0.2) is 0 Å². The molecule has 34 heavy (non-hydrogen) atoms. The molecule has 0 spiro atoms. The third-order valence-corrected chi connectivity index (χ3v) is 6.49. The first-order valence-electron chi connectivity index (χ1n) is 11.7. The number of carbonyl (C=O) groups excluding carboxylic acids is 2. The molecule has 1 saturated heterocycles. The Labute approximate surface area is 199 Å². The summed E-state index contributed by atoms with van der Waals surface area (Å²) in [5, 5.41) is 4.09. The van der Waals surface area contributed by atoms with E-state index in [0.717, 1.165) is 40.5 Å². The van der Waals surface area contributed by atoms with Gasteiger partial charge in [0.05, 0.1) is 16.6 Å². The summed E-state index contributed by atoms with van der Waals surface area (Å²) in [5.41, 5.74) is 4.92. The molecule has 0 unspecified atom stereocenters. The first-order valence-corrected chi connectivity index (χ1v) is 11.7. The average Bonchev–Trinajstić information content (AvgIpc) is 2.88. The van der Waals surface area contributed by atoms with Gasteiger partial charge >= 0.3 is 0 Å². The molecular formula is C29H27N3O2. The molecule has 2 amide bonds. The minimum absolute atomic E-state index is 0.0164. The first-order chi connectivity index (χ1) is 16.6. The summed E-state index contributed by atoms with van der Waals surface area (Å²) < 4.78 is 0. The topological polar surface area (TPSA) is 62.3 Å². The summed E-state index contributed by atoms with van der Waals surface area (Å²) in [5.74, 6) is -0.132. The van der Waals surface area contributed by atoms with E-state index in [1.54, 1.807) is 12.3 Å². The van der Waals surface area contributed by atoms with Crippen LogP contribution in [0, 0.1) is 6.92 Å². The number of pyridine rings is 1. The van der Waals surface area contributed by atoms with Crippen LogP contribution in [0.4, 0.5) is 0 Å². The second-order valence-electron chi connectivity index (χ2n) is 8.81. The van der Waals surface area contributed by atoms with Crippen LogP contribution in [0.2, 0.25) is 0 Å². The van der Waals surface area contributed by atoms with Crippen LogP contribution in [0.3, 0.4) is 0 Å². The summed E-state index contributed by atoms with van der Waals surface area (Å²) in [6.45, 7) is 3.16. The first kappa shape index (κ1) is 21.8. The second kappa shape index (κ2) is 9.48. The maximum atomic E-state index is 13.7. The van der Waals surface area contributed by atoms with E-state index in [9.17, 15) is 9.59 Å². The molecule has 3 aromatic carbocycles. The predicted molar refractivity (Wildman–Crippen MR) is 135 cm³/mol. The fourth-order valence-electron chi connectivity index (χ4n) is 4.80. The highest BCUT2D eigenvalue weighted by molar-refractivity contribution is 6.05. The zero-order valence-corrected chi connectivity index (χ0v) is 19.2. The van der Waals surface area contributed by atoms with E-state index in [1.165, 1.54) is 0 Å². The maximum Gasteiger partial charge on any atom is 0.254 e.